The number of hydrogen-bond donors (Lipinski definition) is 2. The molecule has 1 aromatic rings. The van der Waals surface area contributed by atoms with Gasteiger partial charge in [-0.2, -0.15) is 0 Å². The van der Waals surface area contributed by atoms with E-state index in [0.29, 0.717) is 10.7 Å². The predicted octanol–water partition coefficient (Wildman–Crippen LogP) is 3.00. The molecule has 1 heterocycles. The lowest BCUT2D eigenvalue weighted by Crippen LogP contribution is -2.42. The second-order valence-corrected chi connectivity index (χ2v) is 4.58. The van der Waals surface area contributed by atoms with Gasteiger partial charge in [0.15, 0.2) is 5.60 Å². The quantitative estimate of drug-likeness (QED) is 0.739. The minimum atomic E-state index is -3.17. The van der Waals surface area contributed by atoms with Gasteiger partial charge < -0.3 is 10.4 Å². The Morgan fingerprint density at radius 1 is 1.44 bits per heavy atom. The Balaban J connectivity index is 2.61. The smallest absolute Gasteiger partial charge is 0.281 e. The number of rotatable bonds is 0. The molecule has 0 fully saturated rings. The fourth-order valence-electron chi connectivity index (χ4n) is 1.87. The molecular formula is C11H12ClF2NO. The van der Waals surface area contributed by atoms with Crippen LogP contribution in [0.3, 0.4) is 0 Å². The summed E-state index contributed by atoms with van der Waals surface area (Å²) in [5, 5.41) is 13.2. The molecule has 0 aliphatic carbocycles. The molecule has 0 unspecified atom stereocenters. The molecule has 88 valence electrons. The van der Waals surface area contributed by atoms with E-state index >= 15 is 0 Å². The molecule has 1 aliphatic rings. The van der Waals surface area contributed by atoms with E-state index in [9.17, 15) is 13.9 Å². The molecule has 5 heteroatoms. The second kappa shape index (κ2) is 3.57. The number of fused-ring (bicyclic) bond motifs is 1. The fourth-order valence-corrected chi connectivity index (χ4v) is 2.04. The summed E-state index contributed by atoms with van der Waals surface area (Å²) in [6.45, 7) is 1.24. The van der Waals surface area contributed by atoms with E-state index in [-0.39, 0.29) is 12.1 Å². The number of anilines is 1. The van der Waals surface area contributed by atoms with Crippen molar-refractivity contribution in [1.82, 2.24) is 0 Å². The zero-order valence-electron chi connectivity index (χ0n) is 8.73. The van der Waals surface area contributed by atoms with Crippen LogP contribution in [0, 0.1) is 0 Å². The van der Waals surface area contributed by atoms with Crippen molar-refractivity contribution in [1.29, 1.82) is 0 Å². The van der Waals surface area contributed by atoms with Crippen molar-refractivity contribution in [3.05, 3.63) is 28.8 Å². The molecule has 2 N–H and O–H groups in total. The van der Waals surface area contributed by atoms with Gasteiger partial charge in [0.05, 0.1) is 0 Å². The molecule has 0 amide bonds. The van der Waals surface area contributed by atoms with E-state index in [2.05, 4.69) is 5.32 Å². The van der Waals surface area contributed by atoms with Crippen LogP contribution in [0.4, 0.5) is 14.5 Å². The highest BCUT2D eigenvalue weighted by atomic mass is 35.5. The van der Waals surface area contributed by atoms with Gasteiger partial charge >= 0.3 is 0 Å². The van der Waals surface area contributed by atoms with Crippen LogP contribution >= 0.6 is 11.6 Å². The number of benzene rings is 1. The van der Waals surface area contributed by atoms with Gasteiger partial charge in [-0.1, -0.05) is 11.6 Å². The molecule has 2 nitrogen and oxygen atoms in total. The Labute approximate surface area is 97.2 Å². The highest BCUT2D eigenvalue weighted by Crippen LogP contribution is 2.45. The summed E-state index contributed by atoms with van der Waals surface area (Å²) in [6.07, 6.45) is -0.410. The second-order valence-electron chi connectivity index (χ2n) is 4.14. The van der Waals surface area contributed by atoms with E-state index in [1.165, 1.54) is 6.07 Å². The van der Waals surface area contributed by atoms with Crippen LogP contribution in [0.2, 0.25) is 5.02 Å². The average Bonchev–Trinajstić information content (AvgIpc) is 2.26. The molecular weight excluding hydrogens is 236 g/mol. The van der Waals surface area contributed by atoms with Crippen LogP contribution in [0.25, 0.3) is 0 Å². The minimum Gasteiger partial charge on any atom is -0.385 e. The number of hydrogen-bond acceptors (Lipinski definition) is 2. The van der Waals surface area contributed by atoms with Gasteiger partial charge in [-0.05, 0) is 25.1 Å². The van der Waals surface area contributed by atoms with Crippen molar-refractivity contribution >= 4 is 17.3 Å². The maximum absolute atomic E-state index is 13.7. The molecule has 0 saturated carbocycles. The molecule has 16 heavy (non-hydrogen) atoms. The molecule has 1 aliphatic heterocycles. The number of nitrogens with one attached hydrogen (secondary N) is 1. The molecule has 0 spiro atoms. The first-order chi connectivity index (χ1) is 7.34. The highest BCUT2D eigenvalue weighted by molar-refractivity contribution is 6.30. The van der Waals surface area contributed by atoms with Gasteiger partial charge in [0.25, 0.3) is 5.92 Å². The number of alkyl halides is 2. The Hall–Kier alpha value is -0.870. The summed E-state index contributed by atoms with van der Waals surface area (Å²) in [5.41, 5.74) is -1.55. The summed E-state index contributed by atoms with van der Waals surface area (Å²) in [7, 11) is 0. The van der Waals surface area contributed by atoms with Gasteiger partial charge in [-0.3, -0.25) is 0 Å². The molecule has 1 aromatic carbocycles. The zero-order chi connectivity index (χ0) is 12.0. The lowest BCUT2D eigenvalue weighted by Gasteiger charge is -2.31. The van der Waals surface area contributed by atoms with Crippen molar-refractivity contribution in [2.45, 2.75) is 24.9 Å². The van der Waals surface area contributed by atoms with Crippen LogP contribution in [0.5, 0.6) is 0 Å². The van der Waals surface area contributed by atoms with E-state index in [1.54, 1.807) is 12.1 Å². The van der Waals surface area contributed by atoms with E-state index in [0.717, 1.165) is 6.92 Å². The summed E-state index contributed by atoms with van der Waals surface area (Å²) >= 11 is 5.77. The van der Waals surface area contributed by atoms with Gasteiger partial charge in [0.1, 0.15) is 0 Å². The minimum absolute atomic E-state index is 0.123. The van der Waals surface area contributed by atoms with Gasteiger partial charge in [0.2, 0.25) is 0 Å². The topological polar surface area (TPSA) is 32.3 Å². The summed E-state index contributed by atoms with van der Waals surface area (Å²) < 4.78 is 27.4. The van der Waals surface area contributed by atoms with Crippen LogP contribution < -0.4 is 5.32 Å². The molecule has 0 aromatic heterocycles. The van der Waals surface area contributed by atoms with Crippen LogP contribution in [0.15, 0.2) is 18.2 Å². The maximum atomic E-state index is 13.7. The highest BCUT2D eigenvalue weighted by Gasteiger charge is 2.51. The molecule has 0 saturated heterocycles. The van der Waals surface area contributed by atoms with E-state index in [4.69, 9.17) is 11.6 Å². The Morgan fingerprint density at radius 3 is 2.81 bits per heavy atom. The number of halogens is 3. The van der Waals surface area contributed by atoms with Crippen molar-refractivity contribution in [2.24, 2.45) is 0 Å². The first-order valence-corrected chi connectivity index (χ1v) is 5.36. The van der Waals surface area contributed by atoms with E-state index in [1.807, 2.05) is 0 Å². The monoisotopic (exact) mass is 247 g/mol. The summed E-state index contributed by atoms with van der Waals surface area (Å²) in [5.74, 6) is -3.17. The Morgan fingerprint density at radius 2 is 2.12 bits per heavy atom. The zero-order valence-corrected chi connectivity index (χ0v) is 9.48. The Bertz CT molecular complexity index is 420. The van der Waals surface area contributed by atoms with E-state index < -0.39 is 17.9 Å². The standard InChI is InChI=1S/C11H12ClF2NO/c1-10(16)8-6-7(12)2-3-9(8)15-5-4-11(10,13)14/h2-3,6,15-16H,4-5H2,1H3/t10-/m1/s1. The van der Waals surface area contributed by atoms with Crippen molar-refractivity contribution < 1.29 is 13.9 Å². The van der Waals surface area contributed by atoms with Crippen molar-refractivity contribution in [2.75, 3.05) is 11.9 Å². The van der Waals surface area contributed by atoms with Gasteiger partial charge in [0, 0.05) is 29.2 Å². The van der Waals surface area contributed by atoms with Crippen molar-refractivity contribution in [3.8, 4) is 0 Å². The third kappa shape index (κ3) is 1.66. The van der Waals surface area contributed by atoms with Crippen molar-refractivity contribution in [3.63, 3.8) is 0 Å². The van der Waals surface area contributed by atoms with Crippen LogP contribution in [-0.2, 0) is 5.60 Å². The lowest BCUT2D eigenvalue weighted by molar-refractivity contribution is -0.177. The largest absolute Gasteiger partial charge is 0.385 e. The Kier molecular flexibility index (Phi) is 2.59. The summed E-state index contributed by atoms with van der Waals surface area (Å²) in [6, 6.07) is 4.59. The lowest BCUT2D eigenvalue weighted by atomic mass is 9.87. The number of aliphatic hydroxyl groups is 1. The first kappa shape index (κ1) is 11.6. The first-order valence-electron chi connectivity index (χ1n) is 4.99. The molecule has 0 radical (unpaired) electrons. The third-order valence-electron chi connectivity index (χ3n) is 2.97. The fraction of sp³-hybridized carbons (Fsp3) is 0.455. The molecule has 1 atom stereocenters. The maximum Gasteiger partial charge on any atom is 0.281 e. The average molecular weight is 248 g/mol. The predicted molar refractivity (Wildman–Crippen MR) is 59.1 cm³/mol. The van der Waals surface area contributed by atoms with Gasteiger partial charge in [-0.15, -0.1) is 0 Å². The SMILES string of the molecule is C[C@@]1(O)c2cc(Cl)ccc2NCCC1(F)F. The normalized spacial score (nSPS) is 27.8. The summed E-state index contributed by atoms with van der Waals surface area (Å²) in [4.78, 5) is 0. The van der Waals surface area contributed by atoms with Crippen LogP contribution in [-0.4, -0.2) is 17.6 Å². The van der Waals surface area contributed by atoms with Gasteiger partial charge in [-0.25, -0.2) is 8.78 Å². The molecule has 0 bridgehead atoms. The third-order valence-corrected chi connectivity index (χ3v) is 3.21. The van der Waals surface area contributed by atoms with Crippen LogP contribution in [0.1, 0.15) is 18.9 Å². The molecule has 2 rings (SSSR count).